The number of hydrogen-bond donors (Lipinski definition) is 1. The van der Waals surface area contributed by atoms with Gasteiger partial charge in [0.15, 0.2) is 5.82 Å². The lowest BCUT2D eigenvalue weighted by atomic mass is 10.1. The Bertz CT molecular complexity index is 1160. The van der Waals surface area contributed by atoms with E-state index in [1.807, 2.05) is 34.6 Å². The summed E-state index contributed by atoms with van der Waals surface area (Å²) in [6.45, 7) is 10.1. The van der Waals surface area contributed by atoms with Gasteiger partial charge in [0, 0.05) is 37.3 Å². The van der Waals surface area contributed by atoms with Gasteiger partial charge in [-0.2, -0.15) is 0 Å². The van der Waals surface area contributed by atoms with Crippen LogP contribution in [0.15, 0.2) is 30.9 Å². The minimum atomic E-state index is -0.634. The Hall–Kier alpha value is -3.27. The van der Waals surface area contributed by atoms with E-state index in [1.165, 1.54) is 0 Å². The van der Waals surface area contributed by atoms with Gasteiger partial charge in [-0.25, -0.2) is 19.2 Å². The fourth-order valence-electron chi connectivity index (χ4n) is 3.79. The van der Waals surface area contributed by atoms with Gasteiger partial charge in [0.05, 0.1) is 30.2 Å². The summed E-state index contributed by atoms with van der Waals surface area (Å²) < 4.78 is 28.1. The molecule has 1 N–H and O–H groups in total. The third-order valence-corrected chi connectivity index (χ3v) is 5.65. The van der Waals surface area contributed by atoms with Crippen molar-refractivity contribution in [3.63, 3.8) is 0 Å². The highest BCUT2D eigenvalue weighted by Gasteiger charge is 2.27. The van der Waals surface area contributed by atoms with Gasteiger partial charge in [0.2, 0.25) is 5.65 Å². The number of nitrogens with zero attached hydrogens (tertiary/aromatic N) is 5. The number of halogens is 1. The smallest absolute Gasteiger partial charge is 0.410 e. The largest absolute Gasteiger partial charge is 0.475 e. The Balaban J connectivity index is 1.88. The molecule has 0 saturated carbocycles. The number of aliphatic hydroxyl groups excluding tert-OH is 1. The first-order valence-corrected chi connectivity index (χ1v) is 12.4. The number of rotatable bonds is 11. The van der Waals surface area contributed by atoms with Crippen molar-refractivity contribution in [2.24, 2.45) is 0 Å². The van der Waals surface area contributed by atoms with Gasteiger partial charge >= 0.3 is 6.09 Å². The lowest BCUT2D eigenvalue weighted by Gasteiger charge is -2.30. The van der Waals surface area contributed by atoms with Crippen LogP contribution in [0.25, 0.3) is 16.9 Å². The van der Waals surface area contributed by atoms with Crippen LogP contribution in [0.1, 0.15) is 72.0 Å². The highest BCUT2D eigenvalue weighted by Crippen LogP contribution is 2.29. The number of pyridine rings is 1. The van der Waals surface area contributed by atoms with Crippen molar-refractivity contribution in [2.75, 3.05) is 19.8 Å². The molecule has 36 heavy (non-hydrogen) atoms. The van der Waals surface area contributed by atoms with Gasteiger partial charge in [-0.15, -0.1) is 0 Å². The maximum absolute atomic E-state index is 15.0. The summed E-state index contributed by atoms with van der Waals surface area (Å²) in [5, 5.41) is 8.91. The van der Waals surface area contributed by atoms with Crippen molar-refractivity contribution >= 4 is 11.7 Å². The normalized spacial score (nSPS) is 12.5. The number of unbranched alkanes of at least 4 members (excludes halogenated alkanes) is 3. The average molecular weight is 502 g/mol. The molecule has 0 spiro atoms. The van der Waals surface area contributed by atoms with Crippen molar-refractivity contribution in [3.8, 4) is 17.1 Å². The second-order valence-electron chi connectivity index (χ2n) is 9.61. The molecule has 1 atom stereocenters. The number of carbonyl (C=O) groups is 1. The molecule has 9 nitrogen and oxygen atoms in total. The number of fused-ring (bicyclic) bond motifs is 1. The molecule has 3 rings (SSSR count). The highest BCUT2D eigenvalue weighted by atomic mass is 19.1. The Morgan fingerprint density at radius 2 is 1.97 bits per heavy atom. The predicted octanol–water partition coefficient (Wildman–Crippen LogP) is 5.18. The van der Waals surface area contributed by atoms with E-state index in [2.05, 4.69) is 15.0 Å². The molecule has 10 heteroatoms. The Labute approximate surface area is 211 Å². The van der Waals surface area contributed by atoms with Crippen LogP contribution in [-0.2, 0) is 4.74 Å². The van der Waals surface area contributed by atoms with Crippen LogP contribution in [0.5, 0.6) is 5.88 Å². The van der Waals surface area contributed by atoms with Crippen LogP contribution in [0, 0.1) is 5.82 Å². The Morgan fingerprint density at radius 3 is 2.67 bits per heavy atom. The van der Waals surface area contributed by atoms with Crippen LogP contribution < -0.4 is 4.74 Å². The lowest BCUT2D eigenvalue weighted by Crippen LogP contribution is -2.38. The number of carbonyl (C=O) groups excluding carboxylic acids is 1. The molecule has 0 bridgehead atoms. The van der Waals surface area contributed by atoms with Crippen molar-refractivity contribution in [2.45, 2.75) is 71.9 Å². The fraction of sp³-hybridized carbons (Fsp3) is 0.538. The summed E-state index contributed by atoms with van der Waals surface area (Å²) in [6, 6.07) is 1.16. The van der Waals surface area contributed by atoms with E-state index >= 15 is 0 Å². The summed E-state index contributed by atoms with van der Waals surface area (Å²) in [7, 11) is 0. The van der Waals surface area contributed by atoms with Gasteiger partial charge in [-0.1, -0.05) is 6.42 Å². The topological polar surface area (TPSA) is 102 Å². The third kappa shape index (κ3) is 6.90. The number of aliphatic hydroxyl groups is 1. The number of imidazole rings is 1. The molecule has 3 aromatic rings. The summed E-state index contributed by atoms with van der Waals surface area (Å²) in [6.07, 6.45) is 9.18. The molecule has 0 aliphatic carbocycles. The molecule has 0 unspecified atom stereocenters. The minimum Gasteiger partial charge on any atom is -0.475 e. The molecule has 3 aromatic heterocycles. The van der Waals surface area contributed by atoms with Gasteiger partial charge in [-0.05, 0) is 59.9 Å². The van der Waals surface area contributed by atoms with E-state index in [1.54, 1.807) is 34.0 Å². The van der Waals surface area contributed by atoms with Gasteiger partial charge in [0.1, 0.15) is 5.60 Å². The molecule has 196 valence electrons. The standard InChI is InChI=1S/C26H36FN5O4/c1-6-32(25(34)36-26(3,4)5)18(2)21-15-19(20(27)16-29-21)22-17-31-12-11-28-23(31)24(30-22)35-14-10-8-7-9-13-33/h11-12,15-18,33H,6-10,13-14H2,1-5H3/t18-/m1/s1. The summed E-state index contributed by atoms with van der Waals surface area (Å²) in [5.41, 5.74) is 1.03. The first-order valence-electron chi connectivity index (χ1n) is 12.4. The van der Waals surface area contributed by atoms with Gasteiger partial charge in [0.25, 0.3) is 5.88 Å². The summed E-state index contributed by atoms with van der Waals surface area (Å²) in [4.78, 5) is 27.4. The Morgan fingerprint density at radius 1 is 1.22 bits per heavy atom. The monoisotopic (exact) mass is 501 g/mol. The van der Waals surface area contributed by atoms with E-state index in [9.17, 15) is 9.18 Å². The van der Waals surface area contributed by atoms with E-state index in [4.69, 9.17) is 14.6 Å². The maximum atomic E-state index is 15.0. The molecular weight excluding hydrogens is 465 g/mol. The van der Waals surface area contributed by atoms with Gasteiger partial charge < -0.3 is 23.9 Å². The molecule has 0 radical (unpaired) electrons. The van der Waals surface area contributed by atoms with E-state index in [0.29, 0.717) is 36.1 Å². The summed E-state index contributed by atoms with van der Waals surface area (Å²) >= 11 is 0. The third-order valence-electron chi connectivity index (χ3n) is 5.65. The van der Waals surface area contributed by atoms with Crippen LogP contribution >= 0.6 is 0 Å². The molecule has 0 aliphatic rings. The zero-order valence-electron chi connectivity index (χ0n) is 21.7. The number of hydrogen-bond acceptors (Lipinski definition) is 7. The fourth-order valence-corrected chi connectivity index (χ4v) is 3.79. The second kappa shape index (κ2) is 12.1. The first kappa shape index (κ1) is 27.3. The van der Waals surface area contributed by atoms with Crippen molar-refractivity contribution in [3.05, 3.63) is 42.4 Å². The first-order chi connectivity index (χ1) is 17.1. The van der Waals surface area contributed by atoms with E-state index < -0.39 is 23.6 Å². The zero-order chi connectivity index (χ0) is 26.3. The predicted molar refractivity (Wildman–Crippen MR) is 134 cm³/mol. The van der Waals surface area contributed by atoms with Crippen LogP contribution in [0.4, 0.5) is 9.18 Å². The molecule has 3 heterocycles. The van der Waals surface area contributed by atoms with Crippen molar-refractivity contribution in [1.29, 1.82) is 0 Å². The number of ether oxygens (including phenoxy) is 2. The molecule has 0 aliphatic heterocycles. The van der Waals surface area contributed by atoms with Crippen LogP contribution in [0.2, 0.25) is 0 Å². The molecule has 0 saturated heterocycles. The second-order valence-corrected chi connectivity index (χ2v) is 9.61. The zero-order valence-corrected chi connectivity index (χ0v) is 21.7. The summed E-state index contributed by atoms with van der Waals surface area (Å²) in [5.74, 6) is -0.220. The maximum Gasteiger partial charge on any atom is 0.410 e. The quantitative estimate of drug-likeness (QED) is 0.361. The Kier molecular flexibility index (Phi) is 9.19. The number of aromatic nitrogens is 4. The van der Waals surface area contributed by atoms with Crippen LogP contribution in [-0.4, -0.2) is 60.8 Å². The molecular formula is C26H36FN5O4. The minimum absolute atomic E-state index is 0.186. The lowest BCUT2D eigenvalue weighted by molar-refractivity contribution is 0.0182. The molecule has 0 fully saturated rings. The van der Waals surface area contributed by atoms with Gasteiger partial charge in [-0.3, -0.25) is 4.98 Å². The van der Waals surface area contributed by atoms with Crippen molar-refractivity contribution in [1.82, 2.24) is 24.3 Å². The van der Waals surface area contributed by atoms with Crippen LogP contribution in [0.3, 0.4) is 0 Å². The van der Waals surface area contributed by atoms with E-state index in [-0.39, 0.29) is 12.2 Å². The van der Waals surface area contributed by atoms with Crippen molar-refractivity contribution < 1.29 is 23.8 Å². The number of amides is 1. The molecule has 0 aromatic carbocycles. The highest BCUT2D eigenvalue weighted by molar-refractivity contribution is 5.69. The SMILES string of the molecule is CCN(C(=O)OC(C)(C)C)[C@H](C)c1cc(-c2cn3ccnc3c(OCCCCCCO)n2)c(F)cn1. The average Bonchev–Trinajstić information content (AvgIpc) is 3.29. The van der Waals surface area contributed by atoms with E-state index in [0.717, 1.165) is 31.9 Å². The molecule has 1 amide bonds.